The van der Waals surface area contributed by atoms with Crippen molar-refractivity contribution >= 4 is 5.82 Å². The van der Waals surface area contributed by atoms with E-state index in [-0.39, 0.29) is 0 Å². The van der Waals surface area contributed by atoms with Gasteiger partial charge in [-0.1, -0.05) is 60.7 Å². The van der Waals surface area contributed by atoms with Gasteiger partial charge in [0, 0.05) is 16.0 Å². The highest BCUT2D eigenvalue weighted by molar-refractivity contribution is 5.74. The van der Waals surface area contributed by atoms with Crippen molar-refractivity contribution in [3.05, 3.63) is 76.8 Å². The highest BCUT2D eigenvalue weighted by Gasteiger charge is 2.13. The molecule has 0 radical (unpaired) electrons. The summed E-state index contributed by atoms with van der Waals surface area (Å²) < 4.78 is 0. The van der Waals surface area contributed by atoms with Crippen LogP contribution < -0.4 is 0 Å². The van der Waals surface area contributed by atoms with E-state index in [0.717, 1.165) is 22.5 Å². The molecule has 0 fully saturated rings. The number of aromatic nitrogens is 2. The van der Waals surface area contributed by atoms with Gasteiger partial charge in [0.05, 0.1) is 17.1 Å². The Morgan fingerprint density at radius 2 is 1.36 bits per heavy atom. The zero-order chi connectivity index (χ0) is 15.4. The predicted octanol–water partition coefficient (Wildman–Crippen LogP) is 5.06. The molecule has 0 aliphatic carbocycles. The van der Waals surface area contributed by atoms with Crippen molar-refractivity contribution in [2.45, 2.75) is 6.92 Å². The molecule has 0 aliphatic heterocycles. The highest BCUT2D eigenvalue weighted by Crippen LogP contribution is 2.31. The molecule has 0 aliphatic rings. The molecule has 106 valence electrons. The summed E-state index contributed by atoms with van der Waals surface area (Å²) >= 11 is 0. The number of aryl methyl sites for hydroxylation is 1. The molecule has 22 heavy (non-hydrogen) atoms. The molecule has 0 atom stereocenters. The Balaban J connectivity index is 2.25. The van der Waals surface area contributed by atoms with Crippen LogP contribution in [-0.2, 0) is 0 Å². The summed E-state index contributed by atoms with van der Waals surface area (Å²) in [5.74, 6) is 0.297. The van der Waals surface area contributed by atoms with E-state index >= 15 is 0 Å². The van der Waals surface area contributed by atoms with Crippen LogP contribution in [0.2, 0.25) is 0 Å². The summed E-state index contributed by atoms with van der Waals surface area (Å²) in [5.41, 5.74) is 12.7. The molecule has 0 amide bonds. The smallest absolute Gasteiger partial charge is 0.153 e. The maximum absolute atomic E-state index is 8.76. The molecule has 3 aromatic rings. The van der Waals surface area contributed by atoms with Crippen LogP contribution in [0.25, 0.3) is 33.0 Å². The monoisotopic (exact) mass is 287 g/mol. The molecule has 0 N–H and O–H groups in total. The zero-order valence-electron chi connectivity index (χ0n) is 12.0. The second kappa shape index (κ2) is 6.08. The topological polar surface area (TPSA) is 74.5 Å². The first-order valence-corrected chi connectivity index (χ1v) is 6.84. The Kier molecular flexibility index (Phi) is 3.81. The molecule has 3 rings (SSSR count). The molecule has 0 spiro atoms. The molecule has 1 aromatic heterocycles. The van der Waals surface area contributed by atoms with E-state index in [9.17, 15) is 0 Å². The van der Waals surface area contributed by atoms with E-state index < -0.39 is 0 Å². The summed E-state index contributed by atoms with van der Waals surface area (Å²) in [6.07, 6.45) is 0. The summed E-state index contributed by atoms with van der Waals surface area (Å²) in [7, 11) is 0. The first-order valence-electron chi connectivity index (χ1n) is 6.84. The fraction of sp³-hybridized carbons (Fsp3) is 0.0588. The third-order valence-corrected chi connectivity index (χ3v) is 3.29. The largest absolute Gasteiger partial charge is 0.247 e. The molecular formula is C17H13N5. The first kappa shape index (κ1) is 13.8. The Hall–Kier alpha value is -3.17. The molecule has 0 unspecified atom stereocenters. The van der Waals surface area contributed by atoms with Gasteiger partial charge in [0.25, 0.3) is 0 Å². The van der Waals surface area contributed by atoms with Crippen LogP contribution in [0, 0.1) is 6.92 Å². The molecule has 0 bridgehead atoms. The van der Waals surface area contributed by atoms with Crippen LogP contribution in [0.15, 0.2) is 65.8 Å². The number of benzene rings is 2. The van der Waals surface area contributed by atoms with Gasteiger partial charge >= 0.3 is 0 Å². The molecule has 5 nitrogen and oxygen atoms in total. The summed E-state index contributed by atoms with van der Waals surface area (Å²) in [5, 5.41) is 3.69. The van der Waals surface area contributed by atoms with Gasteiger partial charge in [0.2, 0.25) is 0 Å². The number of hydrogen-bond acceptors (Lipinski definition) is 3. The molecular weight excluding hydrogens is 274 g/mol. The lowest BCUT2D eigenvalue weighted by Gasteiger charge is -2.10. The SMILES string of the molecule is Cc1nc(N=[N+]=[N-])c(-c2ccccc2)nc1-c1ccccc1. The lowest BCUT2D eigenvalue weighted by atomic mass is 10.1. The van der Waals surface area contributed by atoms with Gasteiger partial charge in [0.1, 0.15) is 0 Å². The van der Waals surface area contributed by atoms with Gasteiger partial charge in [-0.3, -0.25) is 0 Å². The van der Waals surface area contributed by atoms with Crippen molar-refractivity contribution in [3.8, 4) is 22.5 Å². The maximum atomic E-state index is 8.76. The Labute approximate surface area is 127 Å². The van der Waals surface area contributed by atoms with Crippen molar-refractivity contribution in [2.75, 3.05) is 0 Å². The number of azide groups is 1. The van der Waals surface area contributed by atoms with Gasteiger partial charge in [-0.2, -0.15) is 0 Å². The fourth-order valence-electron chi connectivity index (χ4n) is 2.28. The minimum atomic E-state index is 0.297. The van der Waals surface area contributed by atoms with Crippen molar-refractivity contribution in [1.29, 1.82) is 0 Å². The number of nitrogens with zero attached hydrogens (tertiary/aromatic N) is 5. The maximum Gasteiger partial charge on any atom is 0.153 e. The second-order valence-electron chi connectivity index (χ2n) is 4.75. The minimum absolute atomic E-state index is 0.297. The van der Waals surface area contributed by atoms with Crippen molar-refractivity contribution in [1.82, 2.24) is 9.97 Å². The van der Waals surface area contributed by atoms with Gasteiger partial charge in [-0.25, -0.2) is 9.97 Å². The van der Waals surface area contributed by atoms with Gasteiger partial charge in [0.15, 0.2) is 5.82 Å². The van der Waals surface area contributed by atoms with Crippen LogP contribution in [0.5, 0.6) is 0 Å². The van der Waals surface area contributed by atoms with Gasteiger partial charge in [-0.05, 0) is 17.6 Å². The Morgan fingerprint density at radius 1 is 0.818 bits per heavy atom. The van der Waals surface area contributed by atoms with Crippen LogP contribution in [0.3, 0.4) is 0 Å². The lowest BCUT2D eigenvalue weighted by Crippen LogP contribution is -1.96. The van der Waals surface area contributed by atoms with Crippen molar-refractivity contribution < 1.29 is 0 Å². The summed E-state index contributed by atoms with van der Waals surface area (Å²) in [6.45, 7) is 1.86. The van der Waals surface area contributed by atoms with Crippen LogP contribution >= 0.6 is 0 Å². The van der Waals surface area contributed by atoms with Crippen LogP contribution in [0.4, 0.5) is 5.82 Å². The first-order chi connectivity index (χ1) is 10.8. The second-order valence-corrected chi connectivity index (χ2v) is 4.75. The summed E-state index contributed by atoms with van der Waals surface area (Å²) in [4.78, 5) is 12.0. The predicted molar refractivity (Wildman–Crippen MR) is 86.4 cm³/mol. The molecule has 2 aromatic carbocycles. The average molecular weight is 287 g/mol. The molecule has 0 saturated heterocycles. The zero-order valence-corrected chi connectivity index (χ0v) is 12.0. The van der Waals surface area contributed by atoms with E-state index in [1.807, 2.05) is 67.6 Å². The standard InChI is InChI=1S/C17H13N5/c1-12-15(13-8-4-2-5-9-13)20-16(17(19-12)21-22-18)14-10-6-3-7-11-14/h2-11H,1H3. The number of rotatable bonds is 3. The Bertz CT molecular complexity index is 838. The molecule has 0 saturated carbocycles. The molecule has 5 heteroatoms. The third kappa shape index (κ3) is 2.66. The van der Waals surface area contributed by atoms with E-state index in [4.69, 9.17) is 10.5 Å². The Morgan fingerprint density at radius 3 is 1.91 bits per heavy atom. The van der Waals surface area contributed by atoms with Gasteiger partial charge < -0.3 is 0 Å². The van der Waals surface area contributed by atoms with Crippen LogP contribution in [0.1, 0.15) is 5.69 Å². The average Bonchev–Trinajstić information content (AvgIpc) is 2.57. The quantitative estimate of drug-likeness (QED) is 0.383. The fourth-order valence-corrected chi connectivity index (χ4v) is 2.28. The van der Waals surface area contributed by atoms with E-state index in [1.165, 1.54) is 0 Å². The van der Waals surface area contributed by atoms with E-state index in [1.54, 1.807) is 0 Å². The minimum Gasteiger partial charge on any atom is -0.247 e. The summed E-state index contributed by atoms with van der Waals surface area (Å²) in [6, 6.07) is 19.4. The van der Waals surface area contributed by atoms with Crippen molar-refractivity contribution in [3.63, 3.8) is 0 Å². The van der Waals surface area contributed by atoms with Gasteiger partial charge in [-0.15, -0.1) is 0 Å². The van der Waals surface area contributed by atoms with E-state index in [0.29, 0.717) is 11.5 Å². The third-order valence-electron chi connectivity index (χ3n) is 3.29. The van der Waals surface area contributed by atoms with Crippen molar-refractivity contribution in [2.24, 2.45) is 5.11 Å². The highest BCUT2D eigenvalue weighted by atomic mass is 15.2. The normalized spacial score (nSPS) is 10.0. The lowest BCUT2D eigenvalue weighted by molar-refractivity contribution is 1.11. The number of hydrogen-bond donors (Lipinski definition) is 0. The van der Waals surface area contributed by atoms with Crippen LogP contribution in [-0.4, -0.2) is 9.97 Å². The van der Waals surface area contributed by atoms with E-state index in [2.05, 4.69) is 15.0 Å². The molecule has 1 heterocycles.